The number of likely N-dealkylation sites (N-methyl/N-ethyl adjacent to an activating group) is 1. The van der Waals surface area contributed by atoms with Crippen LogP contribution in [0, 0.1) is 0 Å². The Kier molecular flexibility index (Phi) is 5.19. The van der Waals surface area contributed by atoms with Gasteiger partial charge in [-0.15, -0.1) is 0 Å². The molecule has 1 N–H and O–H groups in total. The predicted octanol–water partition coefficient (Wildman–Crippen LogP) is 1.24. The van der Waals surface area contributed by atoms with Crippen LogP contribution in [-0.2, 0) is 6.54 Å². The number of thiophene rings is 1. The summed E-state index contributed by atoms with van der Waals surface area (Å²) in [5.74, 6) is 0.651. The van der Waals surface area contributed by atoms with Crippen molar-refractivity contribution in [2.45, 2.75) is 19.0 Å². The van der Waals surface area contributed by atoms with E-state index in [-0.39, 0.29) is 17.5 Å². The van der Waals surface area contributed by atoms with Crippen LogP contribution in [0.1, 0.15) is 22.5 Å². The summed E-state index contributed by atoms with van der Waals surface area (Å²) in [6.45, 7) is 2.04. The maximum absolute atomic E-state index is 12.4. The molecule has 0 radical (unpaired) electrons. The van der Waals surface area contributed by atoms with Gasteiger partial charge in [-0.2, -0.15) is 11.3 Å². The first-order valence-electron chi connectivity index (χ1n) is 8.23. The van der Waals surface area contributed by atoms with Gasteiger partial charge in [-0.05, 0) is 24.9 Å². The molecular weight excluding hydrogens is 338 g/mol. The smallest absolute Gasteiger partial charge is 0.254 e. The van der Waals surface area contributed by atoms with Crippen LogP contribution in [0.2, 0.25) is 0 Å². The second-order valence-corrected chi connectivity index (χ2v) is 7.36. The van der Waals surface area contributed by atoms with Crippen LogP contribution in [-0.4, -0.2) is 65.9 Å². The highest BCUT2D eigenvalue weighted by Crippen LogP contribution is 2.19. The van der Waals surface area contributed by atoms with Gasteiger partial charge in [0.05, 0.1) is 11.3 Å². The van der Waals surface area contributed by atoms with Crippen molar-refractivity contribution in [3.63, 3.8) is 0 Å². The van der Waals surface area contributed by atoms with E-state index in [4.69, 9.17) is 0 Å². The van der Waals surface area contributed by atoms with Gasteiger partial charge in [0.15, 0.2) is 0 Å². The molecule has 1 aliphatic rings. The minimum Gasteiger partial charge on any atom is -0.348 e. The largest absolute Gasteiger partial charge is 0.348 e. The van der Waals surface area contributed by atoms with E-state index in [0.717, 1.165) is 24.2 Å². The van der Waals surface area contributed by atoms with Crippen molar-refractivity contribution in [2.75, 3.05) is 39.1 Å². The summed E-state index contributed by atoms with van der Waals surface area (Å²) in [4.78, 5) is 37.3. The lowest BCUT2D eigenvalue weighted by Gasteiger charge is -2.24. The summed E-state index contributed by atoms with van der Waals surface area (Å²) in [7, 11) is 5.70. The molecule has 0 unspecified atom stereocenters. The SMILES string of the molecule is CN(C)c1nc(CN(C)[C@H]2CCN(C(=O)c3ccsc3)C2)cc(=O)[nH]1. The maximum atomic E-state index is 12.4. The summed E-state index contributed by atoms with van der Waals surface area (Å²) >= 11 is 1.54. The number of aromatic nitrogens is 2. The predicted molar refractivity (Wildman–Crippen MR) is 99.3 cm³/mol. The standard InChI is InChI=1S/C17H23N5O2S/c1-20(2)17-18-13(8-15(23)19-17)9-21(3)14-4-6-22(10-14)16(24)12-5-7-25-11-12/h5,7-8,11,14H,4,6,9-10H2,1-3H3,(H,18,19,23)/t14-/m0/s1. The number of nitrogens with zero attached hydrogens (tertiary/aromatic N) is 4. The second-order valence-electron chi connectivity index (χ2n) is 6.58. The number of aromatic amines is 1. The third kappa shape index (κ3) is 4.08. The lowest BCUT2D eigenvalue weighted by atomic mass is 10.2. The molecule has 1 aliphatic heterocycles. The van der Waals surface area contributed by atoms with Crippen LogP contribution >= 0.6 is 11.3 Å². The number of carbonyl (C=O) groups excluding carboxylic acids is 1. The zero-order valence-corrected chi connectivity index (χ0v) is 15.5. The maximum Gasteiger partial charge on any atom is 0.254 e. The Morgan fingerprint density at radius 1 is 1.44 bits per heavy atom. The Morgan fingerprint density at radius 3 is 2.92 bits per heavy atom. The number of rotatable bonds is 5. The minimum absolute atomic E-state index is 0.0984. The molecule has 0 bridgehead atoms. The highest BCUT2D eigenvalue weighted by Gasteiger charge is 2.29. The van der Waals surface area contributed by atoms with Crippen LogP contribution in [0.5, 0.6) is 0 Å². The Morgan fingerprint density at radius 2 is 2.24 bits per heavy atom. The first-order chi connectivity index (χ1) is 11.9. The van der Waals surface area contributed by atoms with Crippen LogP contribution in [0.3, 0.4) is 0 Å². The van der Waals surface area contributed by atoms with Gasteiger partial charge < -0.3 is 9.80 Å². The van der Waals surface area contributed by atoms with E-state index in [0.29, 0.717) is 19.0 Å². The fourth-order valence-corrected chi connectivity index (χ4v) is 3.66. The Labute approximate surface area is 150 Å². The number of anilines is 1. The first kappa shape index (κ1) is 17.6. The van der Waals surface area contributed by atoms with Crippen molar-refractivity contribution in [2.24, 2.45) is 0 Å². The second kappa shape index (κ2) is 7.37. The van der Waals surface area contributed by atoms with Crippen molar-refractivity contribution in [1.29, 1.82) is 0 Å². The molecule has 1 amide bonds. The van der Waals surface area contributed by atoms with Gasteiger partial charge in [-0.3, -0.25) is 19.5 Å². The summed E-state index contributed by atoms with van der Waals surface area (Å²) in [5.41, 5.74) is 1.35. The molecule has 1 atom stereocenters. The molecule has 3 rings (SSSR count). The molecule has 1 saturated heterocycles. The summed E-state index contributed by atoms with van der Waals surface area (Å²) in [6, 6.07) is 3.67. The van der Waals surface area contributed by atoms with Gasteiger partial charge in [0, 0.05) is 51.2 Å². The summed E-state index contributed by atoms with van der Waals surface area (Å²) in [5, 5.41) is 3.82. The van der Waals surface area contributed by atoms with Crippen molar-refractivity contribution in [1.82, 2.24) is 19.8 Å². The Hall–Kier alpha value is -2.19. The molecule has 2 aromatic heterocycles. The van der Waals surface area contributed by atoms with Crippen LogP contribution < -0.4 is 10.5 Å². The molecule has 7 nitrogen and oxygen atoms in total. The molecule has 0 saturated carbocycles. The highest BCUT2D eigenvalue weighted by molar-refractivity contribution is 7.08. The molecular formula is C17H23N5O2S. The van der Waals surface area contributed by atoms with Gasteiger partial charge in [0.1, 0.15) is 0 Å². The highest BCUT2D eigenvalue weighted by atomic mass is 32.1. The van der Waals surface area contributed by atoms with Crippen molar-refractivity contribution in [3.05, 3.63) is 44.5 Å². The number of nitrogens with one attached hydrogen (secondary N) is 1. The third-order valence-corrected chi connectivity index (χ3v) is 5.14. The van der Waals surface area contributed by atoms with E-state index in [1.54, 1.807) is 4.90 Å². The zero-order valence-electron chi connectivity index (χ0n) is 14.7. The van der Waals surface area contributed by atoms with E-state index in [1.165, 1.54) is 17.4 Å². The average molecular weight is 361 g/mol. The first-order valence-corrected chi connectivity index (χ1v) is 9.17. The monoisotopic (exact) mass is 361 g/mol. The molecule has 0 aliphatic carbocycles. The lowest BCUT2D eigenvalue weighted by molar-refractivity contribution is 0.0780. The van der Waals surface area contributed by atoms with Gasteiger partial charge >= 0.3 is 0 Å². The Balaban J connectivity index is 1.64. The minimum atomic E-state index is -0.150. The van der Waals surface area contributed by atoms with E-state index in [9.17, 15) is 9.59 Å². The average Bonchev–Trinajstić information content (AvgIpc) is 3.25. The molecule has 8 heteroatoms. The number of hydrogen-bond donors (Lipinski definition) is 1. The third-order valence-electron chi connectivity index (χ3n) is 4.46. The number of amides is 1. The number of carbonyl (C=O) groups is 1. The van der Waals surface area contributed by atoms with Crippen LogP contribution in [0.25, 0.3) is 0 Å². The van der Waals surface area contributed by atoms with Crippen molar-refractivity contribution < 1.29 is 4.79 Å². The van der Waals surface area contributed by atoms with E-state index in [2.05, 4.69) is 14.9 Å². The van der Waals surface area contributed by atoms with Crippen LogP contribution in [0.15, 0.2) is 27.7 Å². The quantitative estimate of drug-likeness (QED) is 0.868. The Bertz CT molecular complexity index is 787. The molecule has 134 valence electrons. The molecule has 0 aromatic carbocycles. The van der Waals surface area contributed by atoms with Gasteiger partial charge in [0.25, 0.3) is 11.5 Å². The van der Waals surface area contributed by atoms with Gasteiger partial charge in [-0.1, -0.05) is 0 Å². The normalized spacial score (nSPS) is 17.3. The van der Waals surface area contributed by atoms with Crippen LogP contribution in [0.4, 0.5) is 5.95 Å². The fraction of sp³-hybridized carbons (Fsp3) is 0.471. The summed E-state index contributed by atoms with van der Waals surface area (Å²) < 4.78 is 0. The van der Waals surface area contributed by atoms with Gasteiger partial charge in [0.2, 0.25) is 5.95 Å². The number of H-pyrrole nitrogens is 1. The number of hydrogen-bond acceptors (Lipinski definition) is 6. The lowest BCUT2D eigenvalue weighted by Crippen LogP contribution is -2.36. The van der Waals surface area contributed by atoms with E-state index < -0.39 is 0 Å². The number of likely N-dealkylation sites (tertiary alicyclic amines) is 1. The van der Waals surface area contributed by atoms with Crippen molar-refractivity contribution in [3.8, 4) is 0 Å². The summed E-state index contributed by atoms with van der Waals surface area (Å²) in [6.07, 6.45) is 0.927. The molecule has 2 aromatic rings. The van der Waals surface area contributed by atoms with E-state index in [1.807, 2.05) is 42.9 Å². The molecule has 25 heavy (non-hydrogen) atoms. The molecule has 0 spiro atoms. The van der Waals surface area contributed by atoms with Crippen molar-refractivity contribution >= 4 is 23.2 Å². The molecule has 1 fully saturated rings. The van der Waals surface area contributed by atoms with E-state index >= 15 is 0 Å². The fourth-order valence-electron chi connectivity index (χ4n) is 3.03. The zero-order chi connectivity index (χ0) is 18.0. The van der Waals surface area contributed by atoms with Gasteiger partial charge in [-0.25, -0.2) is 4.98 Å². The molecule has 3 heterocycles. The topological polar surface area (TPSA) is 72.5 Å².